The van der Waals surface area contributed by atoms with Crippen LogP contribution in [0.2, 0.25) is 0 Å². The maximum atomic E-state index is 8.51. The highest BCUT2D eigenvalue weighted by molar-refractivity contribution is 6.02. The Balaban J connectivity index is 0.000000212. The lowest BCUT2D eigenvalue weighted by atomic mass is 9.54. The predicted octanol–water partition coefficient (Wildman–Crippen LogP) is 16.6. The molecule has 0 heterocycles. The minimum absolute atomic E-state index is 0.115. The van der Waals surface area contributed by atoms with Crippen LogP contribution in [0.3, 0.4) is 0 Å². The molecule has 0 aliphatic heterocycles. The number of nitrogens with one attached hydrogen (secondary N) is 2. The zero-order chi connectivity index (χ0) is 46.1. The van der Waals surface area contributed by atoms with Gasteiger partial charge in [0.05, 0.1) is 5.41 Å². The molecule has 0 radical (unpaired) electrons. The van der Waals surface area contributed by atoms with Gasteiger partial charge in [0.25, 0.3) is 0 Å². The highest BCUT2D eigenvalue weighted by Gasteiger charge is 2.54. The second kappa shape index (κ2) is 18.0. The summed E-state index contributed by atoms with van der Waals surface area (Å²) in [5.74, 6) is 0. The van der Waals surface area contributed by atoms with E-state index >= 15 is 0 Å². The van der Waals surface area contributed by atoms with Crippen LogP contribution in [0.15, 0.2) is 242 Å². The van der Waals surface area contributed by atoms with Gasteiger partial charge in [0, 0.05) is 29.4 Å². The van der Waals surface area contributed by atoms with Gasteiger partial charge in [-0.05, 0) is 126 Å². The van der Waals surface area contributed by atoms with E-state index in [2.05, 4.69) is 231 Å². The summed E-state index contributed by atoms with van der Waals surface area (Å²) in [7, 11) is 0. The van der Waals surface area contributed by atoms with Gasteiger partial charge in [0.1, 0.15) is 0 Å². The van der Waals surface area contributed by atoms with E-state index in [0.29, 0.717) is 0 Å². The number of allylic oxidation sites excluding steroid dienone is 4. The third-order valence-electron chi connectivity index (χ3n) is 14.6. The van der Waals surface area contributed by atoms with Crippen molar-refractivity contribution < 1.29 is 0 Å². The standard InChI is InChI=1S/C47H37N.C19H17N/c1-46(2)40-17-6-8-19-42(40)47(43-20-9-7-18-41(43)46)39-27-26-36(29-38(39)45-37(30-48)16-11-21-44(45)47)35-15-10-14-34(28-35)33-24-22-32(23-25-33)31-12-4-3-5-13-31;1-3-7-17(8-4-1)18-13-11-16(12-14-18)15-20-19-9-5-2-6-10-19/h3-25,28-30,48H,26-27H2,1-2H3;1-14,20H,15H2. The molecule has 9 aromatic carbocycles. The van der Waals surface area contributed by atoms with Gasteiger partial charge in [-0.25, -0.2) is 0 Å². The van der Waals surface area contributed by atoms with E-state index in [1.807, 2.05) is 24.3 Å². The van der Waals surface area contributed by atoms with Crippen LogP contribution >= 0.6 is 0 Å². The van der Waals surface area contributed by atoms with Crippen LogP contribution < -0.4 is 5.32 Å². The van der Waals surface area contributed by atoms with Crippen LogP contribution in [0.1, 0.15) is 76.8 Å². The van der Waals surface area contributed by atoms with Crippen molar-refractivity contribution >= 4 is 23.0 Å². The van der Waals surface area contributed by atoms with Crippen molar-refractivity contribution in [3.05, 3.63) is 292 Å². The number of hydrogen-bond acceptors (Lipinski definition) is 2. The van der Waals surface area contributed by atoms with E-state index in [1.165, 1.54) is 94.6 Å². The van der Waals surface area contributed by atoms with Gasteiger partial charge in [-0.1, -0.05) is 232 Å². The molecule has 0 bridgehead atoms. The van der Waals surface area contributed by atoms with Crippen LogP contribution in [0.25, 0.3) is 44.5 Å². The second-order valence-corrected chi connectivity index (χ2v) is 18.7. The van der Waals surface area contributed by atoms with E-state index in [0.717, 1.165) is 30.6 Å². The number of anilines is 1. The Morgan fingerprint density at radius 1 is 0.441 bits per heavy atom. The second-order valence-electron chi connectivity index (χ2n) is 18.7. The summed E-state index contributed by atoms with van der Waals surface area (Å²) < 4.78 is 0. The van der Waals surface area contributed by atoms with Crippen LogP contribution in [-0.4, -0.2) is 6.21 Å². The normalized spacial score (nSPS) is 14.6. The third-order valence-corrected chi connectivity index (χ3v) is 14.6. The van der Waals surface area contributed by atoms with Crippen LogP contribution in [0.5, 0.6) is 0 Å². The number of para-hydroxylation sites is 1. The van der Waals surface area contributed by atoms with E-state index < -0.39 is 0 Å². The molecular formula is C66H54N2. The first-order chi connectivity index (χ1) is 33.4. The Morgan fingerprint density at radius 2 is 0.897 bits per heavy atom. The van der Waals surface area contributed by atoms with E-state index in [1.54, 1.807) is 6.21 Å². The van der Waals surface area contributed by atoms with Gasteiger partial charge < -0.3 is 10.7 Å². The smallest absolute Gasteiger partial charge is 0.0682 e. The molecular weight excluding hydrogens is 821 g/mol. The van der Waals surface area contributed by atoms with E-state index in [9.17, 15) is 0 Å². The summed E-state index contributed by atoms with van der Waals surface area (Å²) in [5, 5.41) is 11.9. The summed E-state index contributed by atoms with van der Waals surface area (Å²) >= 11 is 0. The predicted molar refractivity (Wildman–Crippen MR) is 286 cm³/mol. The van der Waals surface area contributed by atoms with Crippen molar-refractivity contribution in [1.82, 2.24) is 0 Å². The Bertz CT molecular complexity index is 3290. The molecule has 2 N–H and O–H groups in total. The lowest BCUT2D eigenvalue weighted by molar-refractivity contribution is 0.550. The minimum Gasteiger partial charge on any atom is -0.381 e. The molecule has 0 aromatic heterocycles. The molecule has 68 heavy (non-hydrogen) atoms. The molecule has 1 spiro atoms. The molecule has 3 aliphatic carbocycles. The van der Waals surface area contributed by atoms with Crippen molar-refractivity contribution in [1.29, 1.82) is 5.41 Å². The molecule has 2 nitrogen and oxygen atoms in total. The average molecular weight is 875 g/mol. The monoisotopic (exact) mass is 874 g/mol. The average Bonchev–Trinajstić information content (AvgIpc) is 3.71. The Hall–Kier alpha value is -8.07. The Labute approximate surface area is 401 Å². The third kappa shape index (κ3) is 7.53. The first-order valence-corrected chi connectivity index (χ1v) is 23.9. The Morgan fingerprint density at radius 3 is 1.49 bits per heavy atom. The van der Waals surface area contributed by atoms with Gasteiger partial charge in [-0.2, -0.15) is 0 Å². The lowest BCUT2D eigenvalue weighted by Gasteiger charge is -2.48. The number of fused-ring (bicyclic) bond motifs is 8. The van der Waals surface area contributed by atoms with Gasteiger partial charge in [0.2, 0.25) is 0 Å². The number of rotatable bonds is 8. The molecule has 0 amide bonds. The highest BCUT2D eigenvalue weighted by atomic mass is 14.9. The lowest BCUT2D eigenvalue weighted by Crippen LogP contribution is -2.41. The molecule has 0 fully saturated rings. The largest absolute Gasteiger partial charge is 0.381 e. The summed E-state index contributed by atoms with van der Waals surface area (Å²) in [6.45, 7) is 5.59. The molecule has 328 valence electrons. The van der Waals surface area contributed by atoms with E-state index in [-0.39, 0.29) is 10.8 Å². The van der Waals surface area contributed by atoms with Crippen molar-refractivity contribution in [2.75, 3.05) is 5.32 Å². The van der Waals surface area contributed by atoms with Gasteiger partial charge in [0.15, 0.2) is 0 Å². The molecule has 9 aromatic rings. The summed E-state index contributed by atoms with van der Waals surface area (Å²) in [6, 6.07) is 82.8. The van der Waals surface area contributed by atoms with Crippen LogP contribution in [-0.2, 0) is 17.4 Å². The summed E-state index contributed by atoms with van der Waals surface area (Å²) in [4.78, 5) is 0. The van der Waals surface area contributed by atoms with Gasteiger partial charge >= 0.3 is 0 Å². The number of hydrogen-bond donors (Lipinski definition) is 2. The molecule has 0 atom stereocenters. The van der Waals surface area contributed by atoms with Gasteiger partial charge in [-0.3, -0.25) is 0 Å². The Kier molecular flexibility index (Phi) is 11.2. The molecule has 3 aliphatic rings. The van der Waals surface area contributed by atoms with E-state index in [4.69, 9.17) is 5.41 Å². The maximum Gasteiger partial charge on any atom is 0.0682 e. The first-order valence-electron chi connectivity index (χ1n) is 23.9. The fourth-order valence-corrected chi connectivity index (χ4v) is 11.2. The molecule has 0 unspecified atom stereocenters. The SMILES string of the molecule is CC1(C)c2ccccc2C2(C3=C(C=C(c4cccc(-c5ccc(-c6ccccc6)cc5)c4)CC3)c3c(C=N)cccc32)c2ccccc21.c1ccc(NCc2ccc(-c3ccccc3)cc2)cc1. The topological polar surface area (TPSA) is 35.9 Å². The zero-order valence-electron chi connectivity index (χ0n) is 38.7. The molecule has 12 rings (SSSR count). The minimum atomic E-state index is -0.378. The summed E-state index contributed by atoms with van der Waals surface area (Å²) in [5.41, 5.74) is 23.9. The number of benzene rings is 9. The molecule has 2 heteroatoms. The fraction of sp³-hybridized carbons (Fsp3) is 0.106. The fourth-order valence-electron chi connectivity index (χ4n) is 11.2. The summed E-state index contributed by atoms with van der Waals surface area (Å²) in [6.07, 6.45) is 5.95. The van der Waals surface area contributed by atoms with Gasteiger partial charge in [-0.15, -0.1) is 0 Å². The van der Waals surface area contributed by atoms with Crippen LogP contribution in [0.4, 0.5) is 5.69 Å². The van der Waals surface area contributed by atoms with Crippen molar-refractivity contribution in [3.63, 3.8) is 0 Å². The molecule has 0 saturated heterocycles. The first kappa shape index (κ1) is 42.6. The van der Waals surface area contributed by atoms with Crippen LogP contribution in [0, 0.1) is 5.41 Å². The molecule has 0 saturated carbocycles. The van der Waals surface area contributed by atoms with Crippen molar-refractivity contribution in [3.8, 4) is 33.4 Å². The highest BCUT2D eigenvalue weighted by Crippen LogP contribution is 2.64. The van der Waals surface area contributed by atoms with Crippen molar-refractivity contribution in [2.45, 2.75) is 44.1 Å². The maximum absolute atomic E-state index is 8.51. The zero-order valence-corrected chi connectivity index (χ0v) is 38.7. The van der Waals surface area contributed by atoms with Crippen molar-refractivity contribution in [2.24, 2.45) is 0 Å². The quantitative estimate of drug-likeness (QED) is 0.147.